The van der Waals surface area contributed by atoms with Gasteiger partial charge in [-0.15, -0.1) is 0 Å². The molecule has 1 amide bonds. The second-order valence-corrected chi connectivity index (χ2v) is 9.03. The highest BCUT2D eigenvalue weighted by Crippen LogP contribution is 2.21. The van der Waals surface area contributed by atoms with Crippen LogP contribution in [0.3, 0.4) is 0 Å². The second kappa shape index (κ2) is 8.64. The molecule has 3 heterocycles. The fourth-order valence-electron chi connectivity index (χ4n) is 3.09. The van der Waals surface area contributed by atoms with E-state index < -0.39 is 15.6 Å². The van der Waals surface area contributed by atoms with Gasteiger partial charge in [-0.1, -0.05) is 0 Å². The maximum absolute atomic E-state index is 12.5. The number of aromatic amines is 1. The topological polar surface area (TPSA) is 113 Å². The molecular formula is C19H24N4O5S. The Balaban J connectivity index is 1.56. The Hall–Kier alpha value is -2.88. The summed E-state index contributed by atoms with van der Waals surface area (Å²) >= 11 is 0. The third kappa shape index (κ3) is 4.76. The summed E-state index contributed by atoms with van der Waals surface area (Å²) in [6.45, 7) is 2.54. The minimum atomic E-state index is -3.34. The first-order valence-corrected chi connectivity index (χ1v) is 11.0. The van der Waals surface area contributed by atoms with E-state index in [0.717, 1.165) is 0 Å². The molecule has 1 N–H and O–H groups in total. The zero-order valence-corrected chi connectivity index (χ0v) is 17.2. The average Bonchev–Trinajstić information content (AvgIpc) is 2.74. The van der Waals surface area contributed by atoms with Gasteiger partial charge in [0.05, 0.1) is 17.6 Å². The smallest absolute Gasteiger partial charge is 0.260 e. The molecular weight excluding hydrogens is 396 g/mol. The van der Waals surface area contributed by atoms with Gasteiger partial charge in [-0.2, -0.15) is 0 Å². The Bertz CT molecular complexity index is 1010. The minimum absolute atomic E-state index is 0.00783. The number of aromatic nitrogens is 2. The van der Waals surface area contributed by atoms with Gasteiger partial charge >= 0.3 is 0 Å². The molecule has 1 fully saturated rings. The monoisotopic (exact) mass is 420 g/mol. The number of nitrogens with one attached hydrogen (secondary N) is 1. The largest absolute Gasteiger partial charge is 0.474 e. The van der Waals surface area contributed by atoms with Gasteiger partial charge in [0.25, 0.3) is 11.5 Å². The molecule has 1 aliphatic heterocycles. The molecule has 0 saturated carbocycles. The summed E-state index contributed by atoms with van der Waals surface area (Å²) < 4.78 is 30.9. The normalized spacial score (nSPS) is 15.2. The van der Waals surface area contributed by atoms with Gasteiger partial charge in [0.15, 0.2) is 0 Å². The highest BCUT2D eigenvalue weighted by atomic mass is 32.2. The molecule has 10 heteroatoms. The van der Waals surface area contributed by atoms with Gasteiger partial charge in [0, 0.05) is 45.2 Å². The summed E-state index contributed by atoms with van der Waals surface area (Å²) in [5, 5.41) is 0. The lowest BCUT2D eigenvalue weighted by atomic mass is 10.1. The minimum Gasteiger partial charge on any atom is -0.474 e. The van der Waals surface area contributed by atoms with E-state index in [1.165, 1.54) is 29.8 Å². The lowest BCUT2D eigenvalue weighted by Gasteiger charge is -2.31. The summed E-state index contributed by atoms with van der Waals surface area (Å²) in [7, 11) is -1.85. The molecule has 2 aromatic rings. The van der Waals surface area contributed by atoms with E-state index >= 15 is 0 Å². The number of hydrogen-bond acceptors (Lipinski definition) is 6. The Kier molecular flexibility index (Phi) is 6.21. The zero-order chi connectivity index (χ0) is 21.0. The Morgan fingerprint density at radius 2 is 2.03 bits per heavy atom. The summed E-state index contributed by atoms with van der Waals surface area (Å²) in [5.41, 5.74) is 0.207. The fourth-order valence-corrected chi connectivity index (χ4v) is 3.91. The molecule has 3 rings (SSSR count). The number of likely N-dealkylation sites (tertiary alicyclic amines) is 1. The van der Waals surface area contributed by atoms with Crippen LogP contribution in [0.4, 0.5) is 5.69 Å². The van der Waals surface area contributed by atoms with Crippen LogP contribution < -0.4 is 14.6 Å². The molecule has 2 aromatic heterocycles. The molecule has 1 aliphatic rings. The van der Waals surface area contributed by atoms with Crippen molar-refractivity contribution >= 4 is 21.6 Å². The van der Waals surface area contributed by atoms with E-state index in [4.69, 9.17) is 4.74 Å². The first-order valence-electron chi connectivity index (χ1n) is 9.38. The van der Waals surface area contributed by atoms with Gasteiger partial charge in [0.2, 0.25) is 15.9 Å². The molecule has 29 heavy (non-hydrogen) atoms. The van der Waals surface area contributed by atoms with Crippen LogP contribution in [0.15, 0.2) is 41.5 Å². The Labute approximate surface area is 169 Å². The van der Waals surface area contributed by atoms with E-state index in [1.807, 2.05) is 0 Å². The number of piperidine rings is 1. The maximum Gasteiger partial charge on any atom is 0.260 e. The van der Waals surface area contributed by atoms with Crippen molar-refractivity contribution in [3.63, 3.8) is 0 Å². The third-order valence-electron chi connectivity index (χ3n) is 4.93. The van der Waals surface area contributed by atoms with Crippen molar-refractivity contribution < 1.29 is 17.9 Å². The molecule has 0 radical (unpaired) electrons. The number of nitrogens with zero attached hydrogens (tertiary/aromatic N) is 3. The molecule has 0 aliphatic carbocycles. The number of pyridine rings is 2. The SMILES string of the molecule is CCS(=O)(=O)N(C)c1ccc(OC2CCN(C(=O)c3ccc[nH]c3=O)CC2)nc1. The van der Waals surface area contributed by atoms with Crippen LogP contribution in [0.2, 0.25) is 0 Å². The van der Waals surface area contributed by atoms with Crippen LogP contribution in [0.1, 0.15) is 30.1 Å². The van der Waals surface area contributed by atoms with Crippen molar-refractivity contribution in [1.29, 1.82) is 0 Å². The number of anilines is 1. The lowest BCUT2D eigenvalue weighted by molar-refractivity contribution is 0.0586. The highest BCUT2D eigenvalue weighted by molar-refractivity contribution is 7.92. The first-order chi connectivity index (χ1) is 13.8. The van der Waals surface area contributed by atoms with E-state index in [2.05, 4.69) is 9.97 Å². The standard InChI is InChI=1S/C19H24N4O5S/c1-3-29(26,27)22(2)14-6-7-17(21-13-14)28-15-8-11-23(12-9-15)19(25)16-5-4-10-20-18(16)24/h4-7,10,13,15H,3,8-9,11-12H2,1-2H3,(H,20,24). The fraction of sp³-hybridized carbons (Fsp3) is 0.421. The number of sulfonamides is 1. The number of H-pyrrole nitrogens is 1. The van der Waals surface area contributed by atoms with Gasteiger partial charge in [0.1, 0.15) is 11.7 Å². The molecule has 0 spiro atoms. The van der Waals surface area contributed by atoms with Crippen LogP contribution >= 0.6 is 0 Å². The molecule has 1 saturated heterocycles. The highest BCUT2D eigenvalue weighted by Gasteiger charge is 2.26. The van der Waals surface area contributed by atoms with Gasteiger partial charge in [-0.25, -0.2) is 13.4 Å². The predicted octanol–water partition coefficient (Wildman–Crippen LogP) is 1.24. The first kappa shape index (κ1) is 20.8. The van der Waals surface area contributed by atoms with Crippen LogP contribution in [0, 0.1) is 0 Å². The number of amides is 1. The van der Waals surface area contributed by atoms with E-state index in [1.54, 1.807) is 30.0 Å². The summed E-state index contributed by atoms with van der Waals surface area (Å²) in [6.07, 6.45) is 4.08. The summed E-state index contributed by atoms with van der Waals surface area (Å²) in [6, 6.07) is 6.43. The van der Waals surface area contributed by atoms with Crippen LogP contribution in [-0.2, 0) is 10.0 Å². The van der Waals surface area contributed by atoms with Crippen molar-refractivity contribution in [2.24, 2.45) is 0 Å². The van der Waals surface area contributed by atoms with Gasteiger partial charge in [-0.05, 0) is 25.1 Å². The van der Waals surface area contributed by atoms with E-state index in [0.29, 0.717) is 37.5 Å². The molecule has 0 bridgehead atoms. The van der Waals surface area contributed by atoms with Crippen LogP contribution in [-0.4, -0.2) is 61.2 Å². The second-order valence-electron chi connectivity index (χ2n) is 6.75. The van der Waals surface area contributed by atoms with Crippen molar-refractivity contribution in [2.45, 2.75) is 25.9 Å². The van der Waals surface area contributed by atoms with Crippen molar-refractivity contribution in [3.05, 3.63) is 52.6 Å². The number of rotatable bonds is 6. The van der Waals surface area contributed by atoms with Crippen molar-refractivity contribution in [2.75, 3.05) is 30.2 Å². The number of carbonyl (C=O) groups excluding carboxylic acids is 1. The quantitative estimate of drug-likeness (QED) is 0.752. The average molecular weight is 420 g/mol. The van der Waals surface area contributed by atoms with E-state index in [-0.39, 0.29) is 23.3 Å². The molecule has 0 aromatic carbocycles. The molecule has 0 atom stereocenters. The lowest BCUT2D eigenvalue weighted by Crippen LogP contribution is -2.43. The maximum atomic E-state index is 12.5. The number of ether oxygens (including phenoxy) is 1. The Morgan fingerprint density at radius 3 is 2.62 bits per heavy atom. The van der Waals surface area contributed by atoms with Crippen molar-refractivity contribution in [1.82, 2.24) is 14.9 Å². The summed E-state index contributed by atoms with van der Waals surface area (Å²) in [4.78, 5) is 32.6. The number of hydrogen-bond donors (Lipinski definition) is 1. The third-order valence-corrected chi connectivity index (χ3v) is 6.71. The zero-order valence-electron chi connectivity index (χ0n) is 16.4. The molecule has 9 nitrogen and oxygen atoms in total. The summed E-state index contributed by atoms with van der Waals surface area (Å²) in [5.74, 6) is 0.127. The van der Waals surface area contributed by atoms with Crippen LogP contribution in [0.25, 0.3) is 0 Å². The Morgan fingerprint density at radius 1 is 1.31 bits per heavy atom. The van der Waals surface area contributed by atoms with Gasteiger partial charge < -0.3 is 14.6 Å². The molecule has 0 unspecified atom stereocenters. The van der Waals surface area contributed by atoms with E-state index in [9.17, 15) is 18.0 Å². The van der Waals surface area contributed by atoms with Gasteiger partial charge in [-0.3, -0.25) is 13.9 Å². The number of carbonyl (C=O) groups is 1. The van der Waals surface area contributed by atoms with Crippen LogP contribution in [0.5, 0.6) is 5.88 Å². The predicted molar refractivity (Wildman–Crippen MR) is 109 cm³/mol. The molecule has 156 valence electrons. The van der Waals surface area contributed by atoms with Crippen molar-refractivity contribution in [3.8, 4) is 5.88 Å².